The van der Waals surface area contributed by atoms with Gasteiger partial charge in [-0.2, -0.15) is 0 Å². The van der Waals surface area contributed by atoms with Gasteiger partial charge in [0.2, 0.25) is 0 Å². The molecular formula is C15H24ClNO. The maximum atomic E-state index is 5.27. The number of nitrogens with zero attached hydrogens (tertiary/aromatic N) is 1. The fourth-order valence-corrected chi connectivity index (χ4v) is 2.18. The van der Waals surface area contributed by atoms with Crippen LogP contribution in [0.2, 0.25) is 0 Å². The predicted octanol–water partition coefficient (Wildman–Crippen LogP) is 3.72. The van der Waals surface area contributed by atoms with Crippen LogP contribution in [-0.2, 0) is 0 Å². The van der Waals surface area contributed by atoms with Gasteiger partial charge in [-0.3, -0.25) is 0 Å². The van der Waals surface area contributed by atoms with Crippen molar-refractivity contribution in [3.05, 3.63) is 35.9 Å². The normalized spacial score (nSPS) is 13.1. The van der Waals surface area contributed by atoms with Crippen LogP contribution in [0.4, 0.5) is 0 Å². The Labute approximate surface area is 117 Å². The number of methoxy groups -OCH3 is 1. The fraction of sp³-hybridized carbons (Fsp3) is 0.467. The van der Waals surface area contributed by atoms with Crippen molar-refractivity contribution in [2.45, 2.75) is 13.8 Å². The predicted molar refractivity (Wildman–Crippen MR) is 81.6 cm³/mol. The molecule has 0 bridgehead atoms. The summed E-state index contributed by atoms with van der Waals surface area (Å²) in [4.78, 5) is 2.22. The highest BCUT2D eigenvalue weighted by atomic mass is 35.5. The number of hydrogen-bond donors (Lipinski definition) is 0. The molecule has 0 aliphatic rings. The van der Waals surface area contributed by atoms with Crippen molar-refractivity contribution in [1.29, 1.82) is 0 Å². The number of halogens is 1. The largest absolute Gasteiger partial charge is 0.497 e. The van der Waals surface area contributed by atoms with Crippen LogP contribution in [0.15, 0.2) is 30.3 Å². The molecular weight excluding hydrogens is 246 g/mol. The van der Waals surface area contributed by atoms with Gasteiger partial charge in [-0.05, 0) is 50.2 Å². The van der Waals surface area contributed by atoms with Crippen molar-refractivity contribution in [3.8, 4) is 5.75 Å². The van der Waals surface area contributed by atoms with E-state index in [2.05, 4.69) is 51.1 Å². The summed E-state index contributed by atoms with van der Waals surface area (Å²) < 4.78 is 5.27. The molecule has 0 amide bonds. The molecule has 2 nitrogen and oxygen atoms in total. The molecule has 18 heavy (non-hydrogen) atoms. The zero-order chi connectivity index (χ0) is 12.8. The van der Waals surface area contributed by atoms with E-state index in [1.54, 1.807) is 7.11 Å². The summed E-state index contributed by atoms with van der Waals surface area (Å²) in [5.41, 5.74) is 2.62. The molecule has 0 radical (unpaired) electrons. The highest BCUT2D eigenvalue weighted by Crippen LogP contribution is 2.26. The van der Waals surface area contributed by atoms with Gasteiger partial charge in [-0.15, -0.1) is 12.4 Å². The summed E-state index contributed by atoms with van der Waals surface area (Å²) in [7, 11) is 5.92. The Morgan fingerprint density at radius 2 is 2.06 bits per heavy atom. The second-order valence-electron chi connectivity index (χ2n) is 4.64. The van der Waals surface area contributed by atoms with Crippen molar-refractivity contribution in [2.75, 3.05) is 27.7 Å². The average molecular weight is 270 g/mol. The molecule has 1 rings (SSSR count). The van der Waals surface area contributed by atoms with Gasteiger partial charge in [0.15, 0.2) is 0 Å². The third-order valence-corrected chi connectivity index (χ3v) is 2.88. The SMILES string of the molecule is C/C=C(\c1cccc(OC)c1)[C@@H](C)CN(C)C.Cl. The van der Waals surface area contributed by atoms with Crippen molar-refractivity contribution >= 4 is 18.0 Å². The van der Waals surface area contributed by atoms with Gasteiger partial charge >= 0.3 is 0 Å². The lowest BCUT2D eigenvalue weighted by Gasteiger charge is -2.20. The first kappa shape index (κ1) is 17.0. The molecule has 0 saturated carbocycles. The van der Waals surface area contributed by atoms with Crippen LogP contribution >= 0.6 is 12.4 Å². The highest BCUT2D eigenvalue weighted by molar-refractivity contribution is 5.85. The maximum absolute atomic E-state index is 5.27. The van der Waals surface area contributed by atoms with Gasteiger partial charge < -0.3 is 9.64 Å². The summed E-state index contributed by atoms with van der Waals surface area (Å²) in [6.07, 6.45) is 2.20. The van der Waals surface area contributed by atoms with Gasteiger partial charge in [0, 0.05) is 6.54 Å². The lowest BCUT2D eigenvalue weighted by atomic mass is 9.93. The van der Waals surface area contributed by atoms with Crippen LogP contribution in [0.1, 0.15) is 19.4 Å². The second kappa shape index (κ2) is 8.17. The number of rotatable bonds is 5. The van der Waals surface area contributed by atoms with Crippen LogP contribution in [-0.4, -0.2) is 32.6 Å². The van der Waals surface area contributed by atoms with E-state index in [1.165, 1.54) is 11.1 Å². The first-order chi connectivity index (χ1) is 8.08. The minimum atomic E-state index is 0. The standard InChI is InChI=1S/C15H23NO.ClH/c1-6-15(12(2)11-16(3)4)13-8-7-9-14(10-13)17-5;/h6-10,12H,11H2,1-5H3;1H/b15-6-;/t12-;/m0./s1. The monoisotopic (exact) mass is 269 g/mol. The van der Waals surface area contributed by atoms with E-state index in [0.717, 1.165) is 12.3 Å². The molecule has 0 unspecified atom stereocenters. The van der Waals surface area contributed by atoms with Crippen LogP contribution in [0.25, 0.3) is 5.57 Å². The van der Waals surface area contributed by atoms with Gasteiger partial charge in [-0.25, -0.2) is 0 Å². The van der Waals surface area contributed by atoms with E-state index in [-0.39, 0.29) is 12.4 Å². The Bertz CT molecular complexity index is 388. The van der Waals surface area contributed by atoms with Crippen LogP contribution in [0.5, 0.6) is 5.75 Å². The minimum absolute atomic E-state index is 0. The molecule has 0 heterocycles. The number of allylic oxidation sites excluding steroid dienone is 1. The van der Waals surface area contributed by atoms with Gasteiger partial charge in [0.05, 0.1) is 7.11 Å². The summed E-state index contributed by atoms with van der Waals surface area (Å²) in [6.45, 7) is 5.41. The van der Waals surface area contributed by atoms with Crippen molar-refractivity contribution in [2.24, 2.45) is 5.92 Å². The van der Waals surface area contributed by atoms with Crippen LogP contribution < -0.4 is 4.74 Å². The molecule has 0 fully saturated rings. The molecule has 0 saturated heterocycles. The van der Waals surface area contributed by atoms with Crippen LogP contribution in [0, 0.1) is 5.92 Å². The highest BCUT2D eigenvalue weighted by Gasteiger charge is 2.11. The first-order valence-corrected chi connectivity index (χ1v) is 6.03. The summed E-state index contributed by atoms with van der Waals surface area (Å²) in [5, 5.41) is 0. The molecule has 0 aliphatic carbocycles. The van der Waals surface area contributed by atoms with Crippen molar-refractivity contribution in [3.63, 3.8) is 0 Å². The van der Waals surface area contributed by atoms with Gasteiger partial charge in [0.25, 0.3) is 0 Å². The number of ether oxygens (including phenoxy) is 1. The fourth-order valence-electron chi connectivity index (χ4n) is 2.18. The van der Waals surface area contributed by atoms with E-state index in [4.69, 9.17) is 4.74 Å². The van der Waals surface area contributed by atoms with Crippen molar-refractivity contribution < 1.29 is 4.74 Å². The number of benzene rings is 1. The molecule has 1 aromatic carbocycles. The summed E-state index contributed by atoms with van der Waals surface area (Å²) >= 11 is 0. The number of hydrogen-bond acceptors (Lipinski definition) is 2. The van der Waals surface area contributed by atoms with E-state index >= 15 is 0 Å². The molecule has 1 aromatic rings. The minimum Gasteiger partial charge on any atom is -0.497 e. The van der Waals surface area contributed by atoms with E-state index < -0.39 is 0 Å². The molecule has 1 atom stereocenters. The molecule has 0 N–H and O–H groups in total. The topological polar surface area (TPSA) is 12.5 Å². The second-order valence-corrected chi connectivity index (χ2v) is 4.64. The zero-order valence-electron chi connectivity index (χ0n) is 11.9. The van der Waals surface area contributed by atoms with E-state index in [0.29, 0.717) is 5.92 Å². The lowest BCUT2D eigenvalue weighted by molar-refractivity contribution is 0.375. The van der Waals surface area contributed by atoms with E-state index in [9.17, 15) is 0 Å². The van der Waals surface area contributed by atoms with E-state index in [1.807, 2.05) is 12.1 Å². The van der Waals surface area contributed by atoms with Gasteiger partial charge in [-0.1, -0.05) is 25.1 Å². The molecule has 0 aromatic heterocycles. The molecule has 102 valence electrons. The molecule has 3 heteroatoms. The summed E-state index contributed by atoms with van der Waals surface area (Å²) in [5.74, 6) is 1.43. The summed E-state index contributed by atoms with van der Waals surface area (Å²) in [6, 6.07) is 8.26. The molecule has 0 aliphatic heterocycles. The smallest absolute Gasteiger partial charge is 0.119 e. The zero-order valence-corrected chi connectivity index (χ0v) is 12.8. The quantitative estimate of drug-likeness (QED) is 0.808. The Balaban J connectivity index is 0.00000289. The Hall–Kier alpha value is -0.990. The lowest BCUT2D eigenvalue weighted by Crippen LogP contribution is -2.20. The Kier molecular flexibility index (Phi) is 7.72. The molecule has 0 spiro atoms. The Morgan fingerprint density at radius 3 is 2.56 bits per heavy atom. The third kappa shape index (κ3) is 4.71. The first-order valence-electron chi connectivity index (χ1n) is 6.03. The third-order valence-electron chi connectivity index (χ3n) is 2.88. The average Bonchev–Trinajstić information content (AvgIpc) is 2.29. The Morgan fingerprint density at radius 1 is 1.39 bits per heavy atom. The maximum Gasteiger partial charge on any atom is 0.119 e. The van der Waals surface area contributed by atoms with Gasteiger partial charge in [0.1, 0.15) is 5.75 Å². The van der Waals surface area contributed by atoms with Crippen LogP contribution in [0.3, 0.4) is 0 Å². The van der Waals surface area contributed by atoms with Crippen molar-refractivity contribution in [1.82, 2.24) is 4.90 Å².